The van der Waals surface area contributed by atoms with E-state index in [0.717, 1.165) is 0 Å². The molecule has 0 aliphatic carbocycles. The lowest BCUT2D eigenvalue weighted by molar-refractivity contribution is -0.138. The molecule has 0 fully saturated rings. The average molecular weight is 212 g/mol. The van der Waals surface area contributed by atoms with Gasteiger partial charge in [-0.2, -0.15) is 0 Å². The molecule has 5 nitrogen and oxygen atoms in total. The Morgan fingerprint density at radius 3 is 2.47 bits per heavy atom. The van der Waals surface area contributed by atoms with Gasteiger partial charge >= 0.3 is 5.97 Å². The molecule has 1 rings (SSSR count). The highest BCUT2D eigenvalue weighted by Crippen LogP contribution is 2.38. The Balaban J connectivity index is 3.22. The summed E-state index contributed by atoms with van der Waals surface area (Å²) < 4.78 is 4.79. The molecule has 0 heterocycles. The highest BCUT2D eigenvalue weighted by molar-refractivity contribution is 5.76. The van der Waals surface area contributed by atoms with E-state index >= 15 is 0 Å². The van der Waals surface area contributed by atoms with Crippen LogP contribution in [0, 0.1) is 0 Å². The molecule has 0 aliphatic rings. The summed E-state index contributed by atoms with van der Waals surface area (Å²) in [6.45, 7) is 1.48. The number of rotatable bonds is 3. The number of carbonyl (C=O) groups is 1. The van der Waals surface area contributed by atoms with Crippen LogP contribution in [0.15, 0.2) is 12.1 Å². The van der Waals surface area contributed by atoms with Crippen molar-refractivity contribution < 1.29 is 24.9 Å². The molecule has 0 aromatic heterocycles. The first-order valence-electron chi connectivity index (χ1n) is 4.30. The number of phenolic OH excluding ortho intramolecular Hbond substituents is 2. The summed E-state index contributed by atoms with van der Waals surface area (Å²) in [6, 6.07) is 2.59. The predicted octanol–water partition coefficient (Wildman–Crippen LogP) is 1.29. The Bertz CT molecular complexity index is 386. The summed E-state index contributed by atoms with van der Waals surface area (Å²) >= 11 is 0. The molecule has 0 saturated heterocycles. The molecule has 15 heavy (non-hydrogen) atoms. The highest BCUT2D eigenvalue weighted by atomic mass is 16.5. The van der Waals surface area contributed by atoms with Gasteiger partial charge in [-0.15, -0.1) is 0 Å². The predicted molar refractivity (Wildman–Crippen MR) is 52.4 cm³/mol. The number of hydrogen-bond donors (Lipinski definition) is 3. The molecule has 1 aromatic rings. The molecular weight excluding hydrogens is 200 g/mol. The van der Waals surface area contributed by atoms with E-state index in [-0.39, 0.29) is 11.5 Å². The lowest BCUT2D eigenvalue weighted by Crippen LogP contribution is -2.07. The van der Waals surface area contributed by atoms with Gasteiger partial charge in [-0.05, 0) is 24.6 Å². The van der Waals surface area contributed by atoms with Crippen LogP contribution < -0.4 is 4.74 Å². The zero-order chi connectivity index (χ0) is 11.6. The van der Waals surface area contributed by atoms with Crippen molar-refractivity contribution in [1.29, 1.82) is 0 Å². The standard InChI is InChI=1S/C10H12O5/c1-5(10(13)14)6-3-7(11)9(12)8(4-6)15-2/h3-5,11-12H,1-2H3,(H,13,14). The maximum atomic E-state index is 10.7. The van der Waals surface area contributed by atoms with Crippen LogP contribution in [0.25, 0.3) is 0 Å². The van der Waals surface area contributed by atoms with Crippen LogP contribution in [0.5, 0.6) is 17.2 Å². The van der Waals surface area contributed by atoms with Crippen molar-refractivity contribution in [2.45, 2.75) is 12.8 Å². The third kappa shape index (κ3) is 2.12. The molecule has 0 radical (unpaired) electrons. The highest BCUT2D eigenvalue weighted by Gasteiger charge is 2.18. The Morgan fingerprint density at radius 2 is 2.00 bits per heavy atom. The summed E-state index contributed by atoms with van der Waals surface area (Å²) in [5.74, 6) is -2.51. The van der Waals surface area contributed by atoms with Crippen molar-refractivity contribution in [1.82, 2.24) is 0 Å². The van der Waals surface area contributed by atoms with Gasteiger partial charge in [0.15, 0.2) is 11.5 Å². The molecule has 3 N–H and O–H groups in total. The number of benzene rings is 1. The van der Waals surface area contributed by atoms with Crippen molar-refractivity contribution in [2.75, 3.05) is 7.11 Å². The molecule has 0 aliphatic heterocycles. The van der Waals surface area contributed by atoms with Crippen molar-refractivity contribution in [3.63, 3.8) is 0 Å². The number of aliphatic carboxylic acids is 1. The van der Waals surface area contributed by atoms with Gasteiger partial charge in [0, 0.05) is 0 Å². The minimum atomic E-state index is -1.01. The summed E-state index contributed by atoms with van der Waals surface area (Å²) in [4.78, 5) is 10.7. The molecule has 0 spiro atoms. The van der Waals surface area contributed by atoms with Crippen molar-refractivity contribution in [2.24, 2.45) is 0 Å². The zero-order valence-corrected chi connectivity index (χ0v) is 8.39. The van der Waals surface area contributed by atoms with Gasteiger partial charge in [0.1, 0.15) is 0 Å². The Labute approximate surface area is 86.5 Å². The summed E-state index contributed by atoms with van der Waals surface area (Å²) in [5.41, 5.74) is 0.370. The molecule has 82 valence electrons. The number of carboxylic acids is 1. The first kappa shape index (κ1) is 11.2. The van der Waals surface area contributed by atoms with E-state index in [1.165, 1.54) is 26.2 Å². The molecule has 5 heteroatoms. The van der Waals surface area contributed by atoms with Crippen LogP contribution in [-0.4, -0.2) is 28.4 Å². The number of ether oxygens (including phenoxy) is 1. The second kappa shape index (κ2) is 4.08. The van der Waals surface area contributed by atoms with E-state index in [1.807, 2.05) is 0 Å². The van der Waals surface area contributed by atoms with Crippen LogP contribution in [0.2, 0.25) is 0 Å². The van der Waals surface area contributed by atoms with Crippen molar-refractivity contribution in [3.8, 4) is 17.2 Å². The second-order valence-corrected chi connectivity index (χ2v) is 3.15. The fourth-order valence-corrected chi connectivity index (χ4v) is 1.16. The number of methoxy groups -OCH3 is 1. The van der Waals surface area contributed by atoms with Gasteiger partial charge in [0.2, 0.25) is 5.75 Å². The maximum absolute atomic E-state index is 10.7. The maximum Gasteiger partial charge on any atom is 0.310 e. The second-order valence-electron chi connectivity index (χ2n) is 3.15. The molecular formula is C10H12O5. The SMILES string of the molecule is COc1cc(C(C)C(=O)O)cc(O)c1O. The van der Waals surface area contributed by atoms with Gasteiger partial charge in [-0.1, -0.05) is 0 Å². The van der Waals surface area contributed by atoms with E-state index < -0.39 is 17.6 Å². The van der Waals surface area contributed by atoms with E-state index in [4.69, 9.17) is 9.84 Å². The Kier molecular flexibility index (Phi) is 3.04. The normalized spacial score (nSPS) is 12.1. The number of hydrogen-bond acceptors (Lipinski definition) is 4. The quantitative estimate of drug-likeness (QED) is 0.657. The van der Waals surface area contributed by atoms with Crippen LogP contribution >= 0.6 is 0 Å². The average Bonchev–Trinajstić information content (AvgIpc) is 2.20. The fourth-order valence-electron chi connectivity index (χ4n) is 1.16. The molecule has 1 aromatic carbocycles. The smallest absolute Gasteiger partial charge is 0.310 e. The summed E-state index contributed by atoms with van der Waals surface area (Å²) in [6.07, 6.45) is 0. The van der Waals surface area contributed by atoms with E-state index in [1.54, 1.807) is 0 Å². The van der Waals surface area contributed by atoms with Crippen LogP contribution in [-0.2, 0) is 4.79 Å². The van der Waals surface area contributed by atoms with Gasteiger partial charge in [0.05, 0.1) is 13.0 Å². The largest absolute Gasteiger partial charge is 0.504 e. The molecule has 0 bridgehead atoms. The van der Waals surface area contributed by atoms with Gasteiger partial charge in [0.25, 0.3) is 0 Å². The third-order valence-corrected chi connectivity index (χ3v) is 2.17. The third-order valence-electron chi connectivity index (χ3n) is 2.17. The van der Waals surface area contributed by atoms with Crippen LogP contribution in [0.1, 0.15) is 18.4 Å². The fraction of sp³-hybridized carbons (Fsp3) is 0.300. The van der Waals surface area contributed by atoms with Crippen LogP contribution in [0.3, 0.4) is 0 Å². The molecule has 0 amide bonds. The summed E-state index contributed by atoms with van der Waals surface area (Å²) in [7, 11) is 1.32. The van der Waals surface area contributed by atoms with E-state index in [0.29, 0.717) is 5.56 Å². The number of phenols is 2. The van der Waals surface area contributed by atoms with Crippen LogP contribution in [0.4, 0.5) is 0 Å². The van der Waals surface area contributed by atoms with Crippen molar-refractivity contribution >= 4 is 5.97 Å². The minimum Gasteiger partial charge on any atom is -0.504 e. The Hall–Kier alpha value is -1.91. The molecule has 1 unspecified atom stereocenters. The first-order chi connectivity index (χ1) is 6.97. The lowest BCUT2D eigenvalue weighted by atomic mass is 10.0. The first-order valence-corrected chi connectivity index (χ1v) is 4.30. The molecule has 0 saturated carbocycles. The van der Waals surface area contributed by atoms with Gasteiger partial charge in [-0.3, -0.25) is 4.79 Å². The topological polar surface area (TPSA) is 87.0 Å². The van der Waals surface area contributed by atoms with E-state index in [9.17, 15) is 15.0 Å². The zero-order valence-electron chi connectivity index (χ0n) is 8.39. The van der Waals surface area contributed by atoms with E-state index in [2.05, 4.69) is 0 Å². The lowest BCUT2D eigenvalue weighted by Gasteiger charge is -2.11. The number of carboxylic acid groups (broad SMARTS) is 1. The summed E-state index contributed by atoms with van der Waals surface area (Å²) in [5, 5.41) is 27.4. The Morgan fingerprint density at radius 1 is 1.40 bits per heavy atom. The van der Waals surface area contributed by atoms with Gasteiger partial charge in [-0.25, -0.2) is 0 Å². The van der Waals surface area contributed by atoms with Crippen molar-refractivity contribution in [3.05, 3.63) is 17.7 Å². The monoisotopic (exact) mass is 212 g/mol. The molecule has 1 atom stereocenters. The minimum absolute atomic E-state index is 0.0538. The number of aromatic hydroxyl groups is 2. The van der Waals surface area contributed by atoms with Gasteiger partial charge < -0.3 is 20.1 Å².